The minimum Gasteiger partial charge on any atom is -0.458 e. The van der Waals surface area contributed by atoms with Gasteiger partial charge in [-0.05, 0) is 49.3 Å². The molecule has 138 valence electrons. The van der Waals surface area contributed by atoms with E-state index in [1.807, 2.05) is 56.4 Å². The molecule has 0 saturated carbocycles. The minimum atomic E-state index is -0.272. The lowest BCUT2D eigenvalue weighted by Crippen LogP contribution is -2.15. The number of hydrogen-bond acceptors (Lipinski definition) is 1. The normalized spacial score (nSPS) is 14.5. The van der Waals surface area contributed by atoms with E-state index in [2.05, 4.69) is 52.8 Å². The summed E-state index contributed by atoms with van der Waals surface area (Å²) in [5.41, 5.74) is 2.94. The first-order valence-corrected chi connectivity index (χ1v) is 8.58. The number of rotatable bonds is 11. The van der Waals surface area contributed by atoms with Gasteiger partial charge in [0.15, 0.2) is 0 Å². The Labute approximate surface area is 160 Å². The summed E-state index contributed by atoms with van der Waals surface area (Å²) in [6.45, 7) is 27.4. The highest BCUT2D eigenvalue weighted by atomic mass is 16.5. The molecule has 0 rings (SSSR count). The number of allylic oxidation sites excluding steroid dienone is 13. The topological polar surface area (TPSA) is 9.23 Å². The maximum absolute atomic E-state index is 5.74. The first-order chi connectivity index (χ1) is 12.3. The van der Waals surface area contributed by atoms with Crippen LogP contribution >= 0.6 is 0 Å². The molecule has 0 amide bonds. The Balaban J connectivity index is 5.93. The average Bonchev–Trinajstić information content (AvgIpc) is 2.64. The molecular weight excluding hydrogens is 316 g/mol. The van der Waals surface area contributed by atoms with Gasteiger partial charge in [-0.15, -0.1) is 0 Å². The molecular formula is C25H32O. The van der Waals surface area contributed by atoms with E-state index < -0.39 is 0 Å². The summed E-state index contributed by atoms with van der Waals surface area (Å²) in [5.74, 6) is 1.32. The molecule has 0 aliphatic heterocycles. The van der Waals surface area contributed by atoms with E-state index in [1.54, 1.807) is 12.2 Å². The summed E-state index contributed by atoms with van der Waals surface area (Å²) in [5, 5.41) is 0. The maximum Gasteiger partial charge on any atom is 0.126 e. The van der Waals surface area contributed by atoms with Gasteiger partial charge in [0.05, 0.1) is 0 Å². The summed E-state index contributed by atoms with van der Waals surface area (Å²) < 4.78 is 5.74. The lowest BCUT2D eigenvalue weighted by molar-refractivity contribution is 0.336. The zero-order valence-corrected chi connectivity index (χ0v) is 16.7. The molecule has 0 spiro atoms. The first-order valence-electron chi connectivity index (χ1n) is 8.58. The van der Waals surface area contributed by atoms with Crippen molar-refractivity contribution in [3.8, 4) is 0 Å². The van der Waals surface area contributed by atoms with Gasteiger partial charge in [-0.25, -0.2) is 0 Å². The van der Waals surface area contributed by atoms with Gasteiger partial charge >= 0.3 is 0 Å². The van der Waals surface area contributed by atoms with Crippen molar-refractivity contribution in [3.63, 3.8) is 0 Å². The Morgan fingerprint density at radius 3 is 1.58 bits per heavy atom. The number of ether oxygens (including phenoxy) is 1. The molecule has 0 radical (unpaired) electrons. The average molecular weight is 349 g/mol. The molecule has 0 aromatic heterocycles. The van der Waals surface area contributed by atoms with E-state index in [0.29, 0.717) is 11.5 Å². The molecule has 0 aliphatic carbocycles. The van der Waals surface area contributed by atoms with E-state index in [0.717, 1.165) is 16.7 Å². The van der Waals surface area contributed by atoms with E-state index in [4.69, 9.17) is 4.74 Å². The fourth-order valence-electron chi connectivity index (χ4n) is 2.19. The van der Waals surface area contributed by atoms with Gasteiger partial charge in [0.25, 0.3) is 0 Å². The zero-order chi connectivity index (χ0) is 20.2. The van der Waals surface area contributed by atoms with Gasteiger partial charge < -0.3 is 4.74 Å². The predicted octanol–water partition coefficient (Wildman–Crippen LogP) is 7.55. The largest absolute Gasteiger partial charge is 0.458 e. The Bertz CT molecular complexity index is 700. The van der Waals surface area contributed by atoms with Crippen molar-refractivity contribution in [2.24, 2.45) is 5.41 Å². The summed E-state index contributed by atoms with van der Waals surface area (Å²) in [7, 11) is 0. The van der Waals surface area contributed by atoms with Crippen molar-refractivity contribution in [2.75, 3.05) is 0 Å². The highest BCUT2D eigenvalue weighted by Gasteiger charge is 2.23. The third-order valence-electron chi connectivity index (χ3n) is 4.08. The second-order valence-corrected chi connectivity index (χ2v) is 6.16. The summed E-state index contributed by atoms with van der Waals surface area (Å²) >= 11 is 0. The monoisotopic (exact) mass is 348 g/mol. The molecule has 0 aromatic carbocycles. The van der Waals surface area contributed by atoms with Crippen LogP contribution in [0.25, 0.3) is 0 Å². The van der Waals surface area contributed by atoms with Crippen LogP contribution < -0.4 is 0 Å². The van der Waals surface area contributed by atoms with Crippen LogP contribution in [-0.2, 0) is 4.74 Å². The van der Waals surface area contributed by atoms with Crippen LogP contribution in [0.3, 0.4) is 0 Å². The van der Waals surface area contributed by atoms with E-state index in [-0.39, 0.29) is 5.41 Å². The first kappa shape index (κ1) is 23.2. The van der Waals surface area contributed by atoms with Crippen LogP contribution in [0.5, 0.6) is 0 Å². The molecule has 0 atom stereocenters. The van der Waals surface area contributed by atoms with Crippen molar-refractivity contribution in [3.05, 3.63) is 122 Å². The molecule has 0 bridgehead atoms. The van der Waals surface area contributed by atoms with Crippen molar-refractivity contribution in [1.29, 1.82) is 0 Å². The van der Waals surface area contributed by atoms with Crippen LogP contribution in [0.4, 0.5) is 0 Å². The highest BCUT2D eigenvalue weighted by molar-refractivity contribution is 5.43. The van der Waals surface area contributed by atoms with Gasteiger partial charge in [-0.3, -0.25) is 0 Å². The Morgan fingerprint density at radius 1 is 0.692 bits per heavy atom. The molecule has 1 nitrogen and oxygen atoms in total. The Kier molecular flexibility index (Phi) is 10.4. The lowest BCUT2D eigenvalue weighted by Gasteiger charge is -2.28. The van der Waals surface area contributed by atoms with Gasteiger partial charge in [0, 0.05) is 5.41 Å². The number of hydrogen-bond donors (Lipinski definition) is 0. The van der Waals surface area contributed by atoms with Gasteiger partial charge in [-0.2, -0.15) is 0 Å². The SMILES string of the molecule is C=C/C(C)=C\C=C(/C=C)C(C)(C)/C(C=C)=C/C=C(\C=C)O/C(C=C)=C/C. The molecule has 0 N–H and O–H groups in total. The lowest BCUT2D eigenvalue weighted by atomic mass is 9.76. The standard InChI is InChI=1S/C25H32O/c1-10-20(7)16-17-21(11-2)25(8,9)22(12-3)18-19-24(15-6)26-23(13-4)14-5/h10-19H,1-4,6H2,5,7-9H3/b20-16-,21-17+,22-18+,23-14+,24-19+. The second-order valence-electron chi connectivity index (χ2n) is 6.16. The smallest absolute Gasteiger partial charge is 0.126 e. The predicted molar refractivity (Wildman–Crippen MR) is 118 cm³/mol. The molecule has 26 heavy (non-hydrogen) atoms. The second kappa shape index (κ2) is 11.7. The third kappa shape index (κ3) is 6.98. The molecule has 1 heteroatoms. The van der Waals surface area contributed by atoms with Crippen molar-refractivity contribution in [2.45, 2.75) is 27.7 Å². The molecule has 0 fully saturated rings. The van der Waals surface area contributed by atoms with Crippen molar-refractivity contribution >= 4 is 0 Å². The molecule has 0 aromatic rings. The van der Waals surface area contributed by atoms with E-state index in [1.165, 1.54) is 0 Å². The fourth-order valence-corrected chi connectivity index (χ4v) is 2.19. The van der Waals surface area contributed by atoms with E-state index >= 15 is 0 Å². The van der Waals surface area contributed by atoms with Crippen LogP contribution in [0, 0.1) is 5.41 Å². The molecule has 0 saturated heterocycles. The summed E-state index contributed by atoms with van der Waals surface area (Å²) in [6.07, 6.45) is 18.7. The summed E-state index contributed by atoms with van der Waals surface area (Å²) in [6, 6.07) is 0. The highest BCUT2D eigenvalue weighted by Crippen LogP contribution is 2.36. The Hall–Kier alpha value is -2.80. The molecule has 0 heterocycles. The van der Waals surface area contributed by atoms with Gasteiger partial charge in [-0.1, -0.05) is 88.8 Å². The van der Waals surface area contributed by atoms with Gasteiger partial charge in [0.1, 0.15) is 11.5 Å². The molecule has 0 unspecified atom stereocenters. The minimum absolute atomic E-state index is 0.272. The quantitative estimate of drug-likeness (QED) is 0.277. The van der Waals surface area contributed by atoms with E-state index in [9.17, 15) is 0 Å². The van der Waals surface area contributed by atoms with Gasteiger partial charge in [0.2, 0.25) is 0 Å². The zero-order valence-electron chi connectivity index (χ0n) is 16.7. The Morgan fingerprint density at radius 2 is 1.19 bits per heavy atom. The van der Waals surface area contributed by atoms with Crippen LogP contribution in [0.15, 0.2) is 122 Å². The van der Waals surface area contributed by atoms with Crippen LogP contribution in [-0.4, -0.2) is 0 Å². The van der Waals surface area contributed by atoms with Crippen molar-refractivity contribution in [1.82, 2.24) is 0 Å². The maximum atomic E-state index is 5.74. The van der Waals surface area contributed by atoms with Crippen LogP contribution in [0.2, 0.25) is 0 Å². The summed E-state index contributed by atoms with van der Waals surface area (Å²) in [4.78, 5) is 0. The molecule has 0 aliphatic rings. The third-order valence-corrected chi connectivity index (χ3v) is 4.08. The van der Waals surface area contributed by atoms with Crippen LogP contribution in [0.1, 0.15) is 27.7 Å². The fraction of sp³-hybridized carbons (Fsp3) is 0.200. The van der Waals surface area contributed by atoms with Crippen molar-refractivity contribution < 1.29 is 4.74 Å².